The number of halogens is 3. The molecule has 1 aliphatic rings. The fraction of sp³-hybridized carbons (Fsp3) is 0.750. The molecule has 3 nitrogen and oxygen atoms in total. The average Bonchev–Trinajstić information content (AvgIpc) is 2.85. The molecular weight excluding hydrogens is 277 g/mol. The number of aryl methyl sites for hydroxylation is 2. The lowest BCUT2D eigenvalue weighted by molar-refractivity contribution is -0.219. The second-order valence-corrected chi connectivity index (χ2v) is 6.20. The van der Waals surface area contributed by atoms with Gasteiger partial charge in [-0.3, -0.25) is 4.90 Å². The molecule has 1 aromatic rings. The Balaban J connectivity index is 2.07. The van der Waals surface area contributed by atoms with Gasteiger partial charge in [-0.1, -0.05) is 0 Å². The highest BCUT2D eigenvalue weighted by Crippen LogP contribution is 2.32. The highest BCUT2D eigenvalue weighted by Gasteiger charge is 2.47. The molecule has 7 heteroatoms. The fourth-order valence-corrected chi connectivity index (χ4v) is 3.36. The van der Waals surface area contributed by atoms with Gasteiger partial charge < -0.3 is 5.11 Å². The minimum atomic E-state index is -4.55. The molecule has 0 bridgehead atoms. The summed E-state index contributed by atoms with van der Waals surface area (Å²) in [6.07, 6.45) is -5.76. The first kappa shape index (κ1) is 14.7. The van der Waals surface area contributed by atoms with Crippen LogP contribution >= 0.6 is 11.3 Å². The fourth-order valence-electron chi connectivity index (χ4n) is 2.40. The Morgan fingerprint density at radius 3 is 2.68 bits per heavy atom. The minimum absolute atomic E-state index is 0.379. The maximum Gasteiger partial charge on any atom is 0.415 e. The van der Waals surface area contributed by atoms with Gasteiger partial charge in [-0.05, 0) is 33.2 Å². The first-order valence-electron chi connectivity index (χ1n) is 6.21. The smallest absolute Gasteiger partial charge is 0.382 e. The van der Waals surface area contributed by atoms with Crippen molar-refractivity contribution in [3.8, 4) is 0 Å². The first-order chi connectivity index (χ1) is 8.79. The lowest BCUT2D eigenvalue weighted by atomic mass is 10.1. The van der Waals surface area contributed by atoms with Crippen LogP contribution in [0.2, 0.25) is 0 Å². The van der Waals surface area contributed by atoms with E-state index >= 15 is 0 Å². The number of thiazole rings is 1. The van der Waals surface area contributed by atoms with Gasteiger partial charge in [0.2, 0.25) is 0 Å². The van der Waals surface area contributed by atoms with E-state index in [1.54, 1.807) is 4.90 Å². The van der Waals surface area contributed by atoms with Crippen molar-refractivity contribution < 1.29 is 18.3 Å². The summed E-state index contributed by atoms with van der Waals surface area (Å²) in [5.41, 5.74) is 0.923. The number of hydrogen-bond acceptors (Lipinski definition) is 4. The lowest BCUT2D eigenvalue weighted by Crippen LogP contribution is -2.46. The third-order valence-corrected chi connectivity index (χ3v) is 4.58. The maximum absolute atomic E-state index is 12.6. The summed E-state index contributed by atoms with van der Waals surface area (Å²) in [4.78, 5) is 7.12. The van der Waals surface area contributed by atoms with Crippen molar-refractivity contribution in [2.24, 2.45) is 0 Å². The van der Waals surface area contributed by atoms with Crippen molar-refractivity contribution in [3.63, 3.8) is 0 Å². The number of aliphatic hydroxyl groups is 1. The molecule has 1 N–H and O–H groups in total. The molecule has 2 atom stereocenters. The number of alkyl halides is 3. The zero-order valence-corrected chi connectivity index (χ0v) is 11.7. The molecule has 1 saturated heterocycles. The molecular formula is C12H17F3N2OS. The molecule has 1 aliphatic heterocycles. The van der Waals surface area contributed by atoms with E-state index in [0.29, 0.717) is 25.9 Å². The zero-order chi connectivity index (χ0) is 14.2. The molecule has 0 spiro atoms. The van der Waals surface area contributed by atoms with E-state index in [0.717, 1.165) is 15.6 Å². The van der Waals surface area contributed by atoms with Crippen molar-refractivity contribution in [2.45, 2.75) is 51.6 Å². The van der Waals surface area contributed by atoms with E-state index in [9.17, 15) is 18.3 Å². The van der Waals surface area contributed by atoms with Crippen LogP contribution in [0.4, 0.5) is 13.2 Å². The molecule has 19 heavy (non-hydrogen) atoms. The second kappa shape index (κ2) is 5.38. The molecule has 2 rings (SSSR count). The monoisotopic (exact) mass is 294 g/mol. The van der Waals surface area contributed by atoms with Gasteiger partial charge in [-0.25, -0.2) is 4.98 Å². The number of hydrogen-bond donors (Lipinski definition) is 1. The van der Waals surface area contributed by atoms with E-state index in [1.165, 1.54) is 11.3 Å². The van der Waals surface area contributed by atoms with Gasteiger partial charge in [0.1, 0.15) is 5.01 Å². The quantitative estimate of drug-likeness (QED) is 0.931. The van der Waals surface area contributed by atoms with Crippen molar-refractivity contribution in [1.82, 2.24) is 9.88 Å². The minimum Gasteiger partial charge on any atom is -0.382 e. The first-order valence-corrected chi connectivity index (χ1v) is 7.02. The normalized spacial score (nSPS) is 22.9. The van der Waals surface area contributed by atoms with Crippen LogP contribution in [0, 0.1) is 13.8 Å². The number of likely N-dealkylation sites (tertiary alicyclic amines) is 1. The van der Waals surface area contributed by atoms with Crippen LogP contribution in [-0.2, 0) is 6.54 Å². The van der Waals surface area contributed by atoms with E-state index in [1.807, 2.05) is 13.8 Å². The average molecular weight is 294 g/mol. The third kappa shape index (κ3) is 3.27. The van der Waals surface area contributed by atoms with Gasteiger partial charge in [0, 0.05) is 10.9 Å². The molecule has 0 amide bonds. The lowest BCUT2D eigenvalue weighted by Gasteiger charge is -2.29. The van der Waals surface area contributed by atoms with Gasteiger partial charge in [-0.2, -0.15) is 13.2 Å². The topological polar surface area (TPSA) is 36.4 Å². The third-order valence-electron chi connectivity index (χ3n) is 3.53. The Morgan fingerprint density at radius 1 is 1.47 bits per heavy atom. The molecule has 1 fully saturated rings. The van der Waals surface area contributed by atoms with Crippen molar-refractivity contribution >= 4 is 11.3 Å². The molecule has 0 saturated carbocycles. The van der Waals surface area contributed by atoms with Crippen molar-refractivity contribution in [2.75, 3.05) is 6.54 Å². The van der Waals surface area contributed by atoms with E-state index in [4.69, 9.17) is 0 Å². The molecule has 108 valence electrons. The number of rotatable bonds is 3. The highest BCUT2D eigenvalue weighted by molar-refractivity contribution is 7.11. The number of aliphatic hydroxyl groups excluding tert-OH is 1. The molecule has 1 aromatic heterocycles. The Morgan fingerprint density at radius 2 is 2.16 bits per heavy atom. The van der Waals surface area contributed by atoms with Crippen LogP contribution in [0.15, 0.2) is 0 Å². The summed E-state index contributed by atoms with van der Waals surface area (Å²) in [5.74, 6) is 0. The summed E-state index contributed by atoms with van der Waals surface area (Å²) in [6.45, 7) is 4.80. The maximum atomic E-state index is 12.6. The summed E-state index contributed by atoms with van der Waals surface area (Å²) in [6, 6.07) is -0.843. The predicted molar refractivity (Wildman–Crippen MR) is 67.1 cm³/mol. The van der Waals surface area contributed by atoms with E-state index in [-0.39, 0.29) is 0 Å². The van der Waals surface area contributed by atoms with Gasteiger partial charge in [-0.15, -0.1) is 11.3 Å². The van der Waals surface area contributed by atoms with Crippen LogP contribution in [-0.4, -0.2) is 39.9 Å². The SMILES string of the molecule is Cc1nc(CN2CCC[C@H]2[C@@H](O)C(F)(F)F)sc1C. The highest BCUT2D eigenvalue weighted by atomic mass is 32.1. The summed E-state index contributed by atoms with van der Waals surface area (Å²) in [7, 11) is 0. The zero-order valence-electron chi connectivity index (χ0n) is 10.9. The number of nitrogens with zero attached hydrogens (tertiary/aromatic N) is 2. The molecule has 0 aromatic carbocycles. The summed E-state index contributed by atoms with van der Waals surface area (Å²) >= 11 is 1.51. The largest absolute Gasteiger partial charge is 0.415 e. The van der Waals surface area contributed by atoms with Crippen molar-refractivity contribution in [1.29, 1.82) is 0 Å². The Kier molecular flexibility index (Phi) is 4.17. The Bertz CT molecular complexity index is 427. The van der Waals surface area contributed by atoms with Crippen LogP contribution in [0.5, 0.6) is 0 Å². The van der Waals surface area contributed by atoms with Gasteiger partial charge in [0.05, 0.1) is 12.2 Å². The molecule has 2 heterocycles. The van der Waals surface area contributed by atoms with Crippen LogP contribution in [0.1, 0.15) is 28.4 Å². The molecule has 0 aliphatic carbocycles. The van der Waals surface area contributed by atoms with Crippen LogP contribution in [0.3, 0.4) is 0 Å². The van der Waals surface area contributed by atoms with Gasteiger partial charge >= 0.3 is 6.18 Å². The Hall–Kier alpha value is -0.660. The summed E-state index contributed by atoms with van der Waals surface area (Å²) in [5, 5.41) is 10.2. The number of aromatic nitrogens is 1. The predicted octanol–water partition coefficient (Wildman–Crippen LogP) is 2.65. The molecule has 0 radical (unpaired) electrons. The van der Waals surface area contributed by atoms with Crippen molar-refractivity contribution in [3.05, 3.63) is 15.6 Å². The van der Waals surface area contributed by atoms with Gasteiger partial charge in [0.15, 0.2) is 6.10 Å². The van der Waals surface area contributed by atoms with Gasteiger partial charge in [0.25, 0.3) is 0 Å². The van der Waals surface area contributed by atoms with E-state index < -0.39 is 18.3 Å². The van der Waals surface area contributed by atoms with Crippen LogP contribution < -0.4 is 0 Å². The van der Waals surface area contributed by atoms with Crippen LogP contribution in [0.25, 0.3) is 0 Å². The molecule has 0 unspecified atom stereocenters. The van der Waals surface area contributed by atoms with E-state index in [2.05, 4.69) is 4.98 Å². The standard InChI is InChI=1S/C12H17F3N2OS/c1-7-8(2)19-10(16-7)6-17-5-3-4-9(17)11(18)12(13,14)15/h9,11,18H,3-6H2,1-2H3/t9-,11+/m0/s1. The Labute approximate surface area is 114 Å². The summed E-state index contributed by atoms with van der Waals surface area (Å²) < 4.78 is 37.8. The second-order valence-electron chi connectivity index (χ2n) is 4.92.